The number of aromatic amines is 1. The van der Waals surface area contributed by atoms with Crippen molar-refractivity contribution in [1.82, 2.24) is 20.5 Å². The highest BCUT2D eigenvalue weighted by molar-refractivity contribution is 7.99. The predicted octanol–water partition coefficient (Wildman–Crippen LogP) is 3.08. The molecule has 1 aromatic carbocycles. The smallest absolute Gasteiger partial charge is 0.313 e. The molecule has 0 atom stereocenters. The molecule has 0 aliphatic carbocycles. The van der Waals surface area contributed by atoms with Crippen molar-refractivity contribution in [2.45, 2.75) is 29.7 Å². The maximum Gasteiger partial charge on any atom is 0.417 e. The minimum atomic E-state index is -4.40. The van der Waals surface area contributed by atoms with E-state index in [9.17, 15) is 13.2 Å². The summed E-state index contributed by atoms with van der Waals surface area (Å²) in [5, 5.41) is 9.49. The molecule has 0 saturated carbocycles. The number of rotatable bonds is 5. The molecule has 1 aromatic heterocycles. The third kappa shape index (κ3) is 3.73. The summed E-state index contributed by atoms with van der Waals surface area (Å²) >= 11 is 0.911. The highest BCUT2D eigenvalue weighted by Gasteiger charge is 2.34. The first-order chi connectivity index (χ1) is 9.50. The number of hydrogen-bond acceptors (Lipinski definition) is 4. The average Bonchev–Trinajstić information content (AvgIpc) is 2.89. The van der Waals surface area contributed by atoms with E-state index in [1.165, 1.54) is 18.5 Å². The normalized spacial score (nSPS) is 11.8. The van der Waals surface area contributed by atoms with Gasteiger partial charge in [0.05, 0.1) is 5.56 Å². The van der Waals surface area contributed by atoms with E-state index in [0.717, 1.165) is 11.8 Å². The summed E-state index contributed by atoms with van der Waals surface area (Å²) in [5.41, 5.74) is -0.0598. The topological polar surface area (TPSA) is 53.6 Å². The van der Waals surface area contributed by atoms with E-state index in [2.05, 4.69) is 20.5 Å². The molecule has 0 aliphatic heterocycles. The van der Waals surface area contributed by atoms with Crippen molar-refractivity contribution in [3.63, 3.8) is 0 Å². The fourth-order valence-corrected chi connectivity index (χ4v) is 2.44. The third-order valence-corrected chi connectivity index (χ3v) is 3.49. The molecule has 0 spiro atoms. The van der Waals surface area contributed by atoms with Gasteiger partial charge >= 0.3 is 6.18 Å². The van der Waals surface area contributed by atoms with Crippen LogP contribution in [-0.4, -0.2) is 21.7 Å². The van der Waals surface area contributed by atoms with E-state index in [1.54, 1.807) is 6.07 Å². The molecular formula is C12H13F3N4S. The Morgan fingerprint density at radius 3 is 2.75 bits per heavy atom. The van der Waals surface area contributed by atoms with Crippen molar-refractivity contribution < 1.29 is 13.2 Å². The lowest BCUT2D eigenvalue weighted by atomic mass is 10.1. The molecule has 0 amide bonds. The van der Waals surface area contributed by atoms with Crippen molar-refractivity contribution in [2.24, 2.45) is 0 Å². The van der Waals surface area contributed by atoms with Crippen LogP contribution in [0.5, 0.6) is 0 Å². The maximum atomic E-state index is 13.1. The first-order valence-electron chi connectivity index (χ1n) is 5.94. The molecule has 0 aliphatic rings. The molecule has 2 N–H and O–H groups in total. The van der Waals surface area contributed by atoms with E-state index < -0.39 is 11.7 Å². The standard InChI is InChI=1S/C12H13F3N4S/c1-2-16-6-8-3-4-10(9(5-8)12(13,14)15)20-11-17-7-18-19-11/h3-5,7,16H,2,6H2,1H3,(H,17,18,19). The number of halogens is 3. The van der Waals surface area contributed by atoms with Crippen LogP contribution in [0.3, 0.4) is 0 Å². The van der Waals surface area contributed by atoms with Crippen LogP contribution in [0.15, 0.2) is 34.6 Å². The zero-order valence-electron chi connectivity index (χ0n) is 10.7. The molecule has 20 heavy (non-hydrogen) atoms. The zero-order chi connectivity index (χ0) is 14.6. The number of hydrogen-bond donors (Lipinski definition) is 2. The van der Waals surface area contributed by atoms with Gasteiger partial charge in [-0.15, -0.1) is 0 Å². The van der Waals surface area contributed by atoms with Crippen molar-refractivity contribution in [3.05, 3.63) is 35.7 Å². The number of H-pyrrole nitrogens is 1. The highest BCUT2D eigenvalue weighted by atomic mass is 32.2. The van der Waals surface area contributed by atoms with E-state index in [4.69, 9.17) is 0 Å². The summed E-state index contributed by atoms with van der Waals surface area (Å²) in [6.07, 6.45) is -3.14. The van der Waals surface area contributed by atoms with Crippen LogP contribution in [0.2, 0.25) is 0 Å². The Bertz CT molecular complexity index is 554. The van der Waals surface area contributed by atoms with Gasteiger partial charge < -0.3 is 5.32 Å². The van der Waals surface area contributed by atoms with Crippen LogP contribution in [0.25, 0.3) is 0 Å². The number of nitrogens with zero attached hydrogens (tertiary/aromatic N) is 2. The van der Waals surface area contributed by atoms with Crippen LogP contribution in [0, 0.1) is 0 Å². The predicted molar refractivity (Wildman–Crippen MR) is 69.3 cm³/mol. The van der Waals surface area contributed by atoms with Gasteiger partial charge in [-0.1, -0.05) is 13.0 Å². The number of nitrogens with one attached hydrogen (secondary N) is 2. The monoisotopic (exact) mass is 302 g/mol. The van der Waals surface area contributed by atoms with E-state index in [1.807, 2.05) is 6.92 Å². The fourth-order valence-electron chi connectivity index (χ4n) is 1.61. The molecule has 0 bridgehead atoms. The van der Waals surface area contributed by atoms with Crippen LogP contribution in [-0.2, 0) is 12.7 Å². The third-order valence-electron chi connectivity index (χ3n) is 2.53. The molecular weight excluding hydrogens is 289 g/mol. The minimum absolute atomic E-state index is 0.106. The summed E-state index contributed by atoms with van der Waals surface area (Å²) in [4.78, 5) is 3.93. The Kier molecular flexibility index (Phi) is 4.66. The molecule has 0 unspecified atom stereocenters. The molecule has 0 fully saturated rings. The number of alkyl halides is 3. The Hall–Kier alpha value is -1.54. The molecule has 2 aromatic rings. The molecule has 2 rings (SSSR count). The Balaban J connectivity index is 2.30. The molecule has 0 radical (unpaired) electrons. The van der Waals surface area contributed by atoms with Crippen LogP contribution < -0.4 is 5.32 Å². The second-order valence-electron chi connectivity index (χ2n) is 4.00. The molecule has 4 nitrogen and oxygen atoms in total. The lowest BCUT2D eigenvalue weighted by Gasteiger charge is -2.13. The summed E-state index contributed by atoms with van der Waals surface area (Å²) < 4.78 is 39.3. The van der Waals surface area contributed by atoms with Gasteiger partial charge in [-0.3, -0.25) is 5.10 Å². The van der Waals surface area contributed by atoms with Gasteiger partial charge in [-0.2, -0.15) is 18.3 Å². The van der Waals surface area contributed by atoms with E-state index >= 15 is 0 Å². The van der Waals surface area contributed by atoms with Crippen molar-refractivity contribution in [2.75, 3.05) is 6.54 Å². The van der Waals surface area contributed by atoms with E-state index in [-0.39, 0.29) is 4.90 Å². The maximum absolute atomic E-state index is 13.1. The largest absolute Gasteiger partial charge is 0.417 e. The molecule has 108 valence electrons. The zero-order valence-corrected chi connectivity index (χ0v) is 11.5. The quantitative estimate of drug-likeness (QED) is 0.891. The van der Waals surface area contributed by atoms with E-state index in [0.29, 0.717) is 23.8 Å². The van der Waals surface area contributed by atoms with Crippen molar-refractivity contribution in [1.29, 1.82) is 0 Å². The Morgan fingerprint density at radius 1 is 1.35 bits per heavy atom. The summed E-state index contributed by atoms with van der Waals surface area (Å²) in [5.74, 6) is 0. The minimum Gasteiger partial charge on any atom is -0.313 e. The first-order valence-corrected chi connectivity index (χ1v) is 6.76. The van der Waals surface area contributed by atoms with Gasteiger partial charge in [-0.05, 0) is 36.0 Å². The molecule has 8 heteroatoms. The molecule has 1 heterocycles. The van der Waals surface area contributed by atoms with Gasteiger partial charge in [0.2, 0.25) is 0 Å². The highest BCUT2D eigenvalue weighted by Crippen LogP contribution is 2.38. The first kappa shape index (κ1) is 14.9. The van der Waals surface area contributed by atoms with Crippen LogP contribution in [0.1, 0.15) is 18.1 Å². The van der Waals surface area contributed by atoms with Crippen molar-refractivity contribution >= 4 is 11.8 Å². The van der Waals surface area contributed by atoms with Gasteiger partial charge in [0, 0.05) is 11.4 Å². The Labute approximate surface area is 118 Å². The van der Waals surface area contributed by atoms with Gasteiger partial charge in [-0.25, -0.2) is 4.98 Å². The lowest BCUT2D eigenvalue weighted by Crippen LogP contribution is -2.13. The lowest BCUT2D eigenvalue weighted by molar-refractivity contribution is -0.139. The second-order valence-corrected chi connectivity index (χ2v) is 5.03. The van der Waals surface area contributed by atoms with Gasteiger partial charge in [0.25, 0.3) is 0 Å². The number of aromatic nitrogens is 3. The summed E-state index contributed by atoms with van der Waals surface area (Å²) in [6, 6.07) is 4.31. The number of benzene rings is 1. The molecule has 0 saturated heterocycles. The fraction of sp³-hybridized carbons (Fsp3) is 0.333. The SMILES string of the molecule is CCNCc1ccc(Sc2ncn[nH]2)c(C(F)(F)F)c1. The van der Waals surface area contributed by atoms with Gasteiger partial charge in [0.1, 0.15) is 6.33 Å². The Morgan fingerprint density at radius 2 is 2.15 bits per heavy atom. The summed E-state index contributed by atoms with van der Waals surface area (Å²) in [7, 11) is 0. The van der Waals surface area contributed by atoms with Gasteiger partial charge in [0.15, 0.2) is 5.16 Å². The second kappa shape index (κ2) is 6.27. The summed E-state index contributed by atoms with van der Waals surface area (Å²) in [6.45, 7) is 3.02. The van der Waals surface area contributed by atoms with Crippen LogP contribution in [0.4, 0.5) is 13.2 Å². The van der Waals surface area contributed by atoms with Crippen molar-refractivity contribution in [3.8, 4) is 0 Å². The average molecular weight is 302 g/mol. The van der Waals surface area contributed by atoms with Crippen LogP contribution >= 0.6 is 11.8 Å².